The number of rotatable bonds is 5. The molecule has 1 heterocycles. The molecular weight excluding hydrogens is 356 g/mol. The van der Waals surface area contributed by atoms with Crippen molar-refractivity contribution in [1.29, 1.82) is 0 Å². The third kappa shape index (κ3) is 4.54. The second-order valence-electron chi connectivity index (χ2n) is 8.60. The van der Waals surface area contributed by atoms with Crippen molar-refractivity contribution in [2.24, 2.45) is 11.3 Å². The molecule has 2 rings (SSSR count). The molecule has 0 aromatic heterocycles. The van der Waals surface area contributed by atoms with Crippen molar-refractivity contribution < 1.29 is 40.1 Å². The van der Waals surface area contributed by atoms with Gasteiger partial charge in [0.05, 0.1) is 24.4 Å². The molecule has 2 aliphatic rings. The Balaban J connectivity index is 2.07. The molecule has 8 nitrogen and oxygen atoms in total. The van der Waals surface area contributed by atoms with E-state index >= 15 is 0 Å². The smallest absolute Gasteiger partial charge is 0.187 e. The van der Waals surface area contributed by atoms with E-state index in [9.17, 15) is 30.6 Å². The fourth-order valence-electron chi connectivity index (χ4n) is 4.20. The largest absolute Gasteiger partial charge is 0.394 e. The van der Waals surface area contributed by atoms with Gasteiger partial charge in [0.15, 0.2) is 6.29 Å². The predicted octanol–water partition coefficient (Wildman–Crippen LogP) is -0.704. The van der Waals surface area contributed by atoms with E-state index in [-0.39, 0.29) is 5.92 Å². The topological polar surface area (TPSA) is 140 Å². The molecular formula is C19H34O8. The summed E-state index contributed by atoms with van der Waals surface area (Å²) in [6.07, 6.45) is -3.42. The Hall–Kier alpha value is -0.580. The van der Waals surface area contributed by atoms with Crippen LogP contribution in [0, 0.1) is 11.3 Å². The lowest BCUT2D eigenvalue weighted by Gasteiger charge is -2.50. The molecule has 0 amide bonds. The zero-order valence-electron chi connectivity index (χ0n) is 16.4. The maximum atomic E-state index is 11.2. The summed E-state index contributed by atoms with van der Waals surface area (Å²) in [6.45, 7) is 6.86. The lowest BCUT2D eigenvalue weighted by Crippen LogP contribution is -2.59. The summed E-state index contributed by atoms with van der Waals surface area (Å²) >= 11 is 0. The van der Waals surface area contributed by atoms with Gasteiger partial charge >= 0.3 is 0 Å². The van der Waals surface area contributed by atoms with Crippen molar-refractivity contribution >= 4 is 0 Å². The highest BCUT2D eigenvalue weighted by atomic mass is 16.7. The third-order valence-electron chi connectivity index (χ3n) is 6.03. The van der Waals surface area contributed by atoms with Crippen LogP contribution in [0.4, 0.5) is 0 Å². The molecule has 0 aromatic carbocycles. The van der Waals surface area contributed by atoms with E-state index in [1.807, 2.05) is 20.8 Å². The molecule has 0 radical (unpaired) electrons. The molecule has 1 aliphatic heterocycles. The maximum Gasteiger partial charge on any atom is 0.187 e. The summed E-state index contributed by atoms with van der Waals surface area (Å²) in [7, 11) is 0. The van der Waals surface area contributed by atoms with Crippen LogP contribution in [0.2, 0.25) is 0 Å². The van der Waals surface area contributed by atoms with Gasteiger partial charge in [-0.1, -0.05) is 32.9 Å². The van der Waals surface area contributed by atoms with Gasteiger partial charge in [0.25, 0.3) is 0 Å². The lowest BCUT2D eigenvalue weighted by molar-refractivity contribution is -0.306. The van der Waals surface area contributed by atoms with E-state index in [4.69, 9.17) is 9.47 Å². The van der Waals surface area contributed by atoms with Crippen LogP contribution < -0.4 is 0 Å². The van der Waals surface area contributed by atoms with Crippen molar-refractivity contribution in [3.05, 3.63) is 12.2 Å². The number of aliphatic hydroxyl groups is 6. The van der Waals surface area contributed by atoms with Crippen LogP contribution in [-0.2, 0) is 9.47 Å². The average molecular weight is 390 g/mol. The molecule has 0 bridgehead atoms. The molecule has 0 unspecified atom stereocenters. The van der Waals surface area contributed by atoms with Crippen molar-refractivity contribution in [2.45, 2.75) is 89.1 Å². The second kappa shape index (κ2) is 8.42. The predicted molar refractivity (Wildman–Crippen MR) is 96.6 cm³/mol. The molecule has 2 fully saturated rings. The molecule has 0 aromatic rings. The minimum atomic E-state index is -1.50. The summed E-state index contributed by atoms with van der Waals surface area (Å²) in [6, 6.07) is 0. The summed E-state index contributed by atoms with van der Waals surface area (Å²) in [4.78, 5) is 0. The van der Waals surface area contributed by atoms with Crippen LogP contribution in [0.3, 0.4) is 0 Å². The third-order valence-corrected chi connectivity index (χ3v) is 6.03. The van der Waals surface area contributed by atoms with Gasteiger partial charge in [-0.05, 0) is 31.1 Å². The number of hydrogen-bond donors (Lipinski definition) is 6. The first kappa shape index (κ1) is 22.7. The van der Waals surface area contributed by atoms with E-state index < -0.39 is 60.5 Å². The van der Waals surface area contributed by atoms with E-state index in [2.05, 4.69) is 0 Å². The van der Waals surface area contributed by atoms with Gasteiger partial charge in [-0.3, -0.25) is 0 Å². The van der Waals surface area contributed by atoms with E-state index in [1.165, 1.54) is 0 Å². The zero-order chi connectivity index (χ0) is 20.6. The summed E-state index contributed by atoms with van der Waals surface area (Å²) < 4.78 is 10.9. The fraction of sp³-hybridized carbons (Fsp3) is 0.895. The van der Waals surface area contributed by atoms with Crippen LogP contribution in [0.15, 0.2) is 12.2 Å². The molecule has 1 saturated carbocycles. The van der Waals surface area contributed by atoms with Crippen molar-refractivity contribution in [2.75, 3.05) is 6.61 Å². The highest BCUT2D eigenvalue weighted by molar-refractivity contribution is 5.15. The highest BCUT2D eigenvalue weighted by Gasteiger charge is 2.50. The van der Waals surface area contributed by atoms with Crippen LogP contribution in [0.5, 0.6) is 0 Å². The van der Waals surface area contributed by atoms with Gasteiger partial charge in [-0.2, -0.15) is 0 Å². The van der Waals surface area contributed by atoms with Crippen molar-refractivity contribution in [1.82, 2.24) is 0 Å². The van der Waals surface area contributed by atoms with E-state index in [1.54, 1.807) is 19.1 Å². The Morgan fingerprint density at radius 1 is 1.15 bits per heavy atom. The Morgan fingerprint density at radius 3 is 2.33 bits per heavy atom. The van der Waals surface area contributed by atoms with Crippen LogP contribution >= 0.6 is 0 Å². The normalized spacial score (nSPS) is 46.5. The van der Waals surface area contributed by atoms with Crippen molar-refractivity contribution in [3.8, 4) is 0 Å². The number of ether oxygens (including phenoxy) is 2. The highest BCUT2D eigenvalue weighted by Crippen LogP contribution is 2.48. The van der Waals surface area contributed by atoms with Gasteiger partial charge < -0.3 is 40.1 Å². The zero-order valence-corrected chi connectivity index (χ0v) is 16.4. The second-order valence-corrected chi connectivity index (χ2v) is 8.60. The molecule has 8 heteroatoms. The Morgan fingerprint density at radius 2 is 1.78 bits per heavy atom. The molecule has 0 spiro atoms. The van der Waals surface area contributed by atoms with Gasteiger partial charge in [0.1, 0.15) is 24.4 Å². The maximum absolute atomic E-state index is 11.2. The van der Waals surface area contributed by atoms with Crippen LogP contribution in [-0.4, -0.2) is 85.8 Å². The van der Waals surface area contributed by atoms with Gasteiger partial charge in [0.2, 0.25) is 0 Å². The lowest BCUT2D eigenvalue weighted by atomic mass is 9.60. The Kier molecular flexibility index (Phi) is 7.08. The SMILES string of the molecule is C[C@H](/C=C/[C@]1(O)[C@H](C)C[C@H](O)CC1(C)C)O[C@H]1O[C@@H](CO)[C@H](O)[C@@H](O)[C@@H]1O. The van der Waals surface area contributed by atoms with Gasteiger partial charge in [-0.15, -0.1) is 0 Å². The monoisotopic (exact) mass is 390 g/mol. The van der Waals surface area contributed by atoms with Crippen LogP contribution in [0.1, 0.15) is 40.5 Å². The van der Waals surface area contributed by atoms with E-state index in [0.29, 0.717) is 12.8 Å². The molecule has 1 saturated heterocycles. The minimum Gasteiger partial charge on any atom is -0.394 e. The first-order valence-corrected chi connectivity index (χ1v) is 9.48. The molecule has 6 N–H and O–H groups in total. The standard InChI is InChI=1S/C19H34O8/c1-10-7-12(21)8-18(3,4)19(10,25)6-5-11(2)26-17-16(24)15(23)14(22)13(9-20)27-17/h5-6,10-17,20-25H,7-9H2,1-4H3/b6-5+/t10-,11-,12+,13+,14+,15-,16+,17+,19+/m1/s1. The van der Waals surface area contributed by atoms with E-state index in [0.717, 1.165) is 0 Å². The minimum absolute atomic E-state index is 0.160. The summed E-state index contributed by atoms with van der Waals surface area (Å²) in [5, 5.41) is 60.1. The summed E-state index contributed by atoms with van der Waals surface area (Å²) in [5.41, 5.74) is -1.68. The number of hydrogen-bond acceptors (Lipinski definition) is 8. The van der Waals surface area contributed by atoms with Gasteiger partial charge in [0, 0.05) is 0 Å². The molecule has 9 atom stereocenters. The average Bonchev–Trinajstić information content (AvgIpc) is 2.58. The first-order chi connectivity index (χ1) is 12.4. The molecule has 1 aliphatic carbocycles. The fourth-order valence-corrected chi connectivity index (χ4v) is 4.20. The van der Waals surface area contributed by atoms with Crippen molar-refractivity contribution in [3.63, 3.8) is 0 Å². The Bertz CT molecular complexity index is 522. The quantitative estimate of drug-likeness (QED) is 0.339. The van der Waals surface area contributed by atoms with Crippen LogP contribution in [0.25, 0.3) is 0 Å². The summed E-state index contributed by atoms with van der Waals surface area (Å²) in [5.74, 6) is -0.160. The first-order valence-electron chi connectivity index (χ1n) is 9.48. The number of aliphatic hydroxyl groups excluding tert-OH is 5. The molecule has 27 heavy (non-hydrogen) atoms. The Labute approximate surface area is 160 Å². The van der Waals surface area contributed by atoms with Gasteiger partial charge in [-0.25, -0.2) is 0 Å². The molecule has 158 valence electrons.